The molecule has 0 bridgehead atoms. The monoisotopic (exact) mass is 588 g/mol. The van der Waals surface area contributed by atoms with Crippen LogP contribution in [0.4, 0.5) is 11.4 Å². The topological polar surface area (TPSA) is 134 Å². The third kappa shape index (κ3) is 5.90. The van der Waals surface area contributed by atoms with E-state index in [0.29, 0.717) is 41.2 Å². The van der Waals surface area contributed by atoms with E-state index in [-0.39, 0.29) is 35.8 Å². The number of benzene rings is 3. The Labute approximate surface area is 238 Å². The molecule has 0 spiro atoms. The van der Waals surface area contributed by atoms with Crippen molar-refractivity contribution in [1.82, 2.24) is 9.62 Å². The predicted octanol–water partition coefficient (Wildman–Crippen LogP) is 2.39. The number of ether oxygens (including phenoxy) is 2. The molecular weight excluding hydrogens is 556 g/mol. The average molecular weight is 589 g/mol. The van der Waals surface area contributed by atoms with Gasteiger partial charge in [-0.1, -0.05) is 6.07 Å². The fourth-order valence-electron chi connectivity index (χ4n) is 5.22. The Balaban J connectivity index is 1.36. The highest BCUT2D eigenvalue weighted by molar-refractivity contribution is 7.89. The maximum absolute atomic E-state index is 13.6. The number of nitrogen functional groups attached to an aromatic ring is 1. The smallest absolute Gasteiger partial charge is 0.258 e. The van der Waals surface area contributed by atoms with Crippen molar-refractivity contribution in [3.63, 3.8) is 0 Å². The van der Waals surface area contributed by atoms with E-state index in [4.69, 9.17) is 31.9 Å². The van der Waals surface area contributed by atoms with Crippen LogP contribution in [0, 0.1) is 0 Å². The number of anilines is 2. The minimum Gasteiger partial charge on any atom is -0.492 e. The van der Waals surface area contributed by atoms with Crippen LogP contribution >= 0.6 is 11.6 Å². The lowest BCUT2D eigenvalue weighted by Gasteiger charge is -2.26. The Morgan fingerprint density at radius 3 is 2.58 bits per heavy atom. The summed E-state index contributed by atoms with van der Waals surface area (Å²) in [6, 6.07) is 13.5. The Kier molecular flexibility index (Phi) is 8.79. The fraction of sp³-hybridized carbons (Fsp3) is 0.393. The first-order chi connectivity index (χ1) is 19.3. The fourth-order valence-corrected chi connectivity index (χ4v) is 6.51. The molecule has 12 heteroatoms. The summed E-state index contributed by atoms with van der Waals surface area (Å²) >= 11 is 6.35. The zero-order valence-corrected chi connectivity index (χ0v) is 23.6. The summed E-state index contributed by atoms with van der Waals surface area (Å²) in [5, 5.41) is 10.3. The van der Waals surface area contributed by atoms with E-state index in [2.05, 4.69) is 9.62 Å². The van der Waals surface area contributed by atoms with Gasteiger partial charge < -0.3 is 25.2 Å². The van der Waals surface area contributed by atoms with Gasteiger partial charge in [0, 0.05) is 61.2 Å². The second-order valence-corrected chi connectivity index (χ2v) is 11.9. The number of aliphatic hydroxyl groups is 1. The molecule has 3 aromatic rings. The largest absolute Gasteiger partial charge is 0.492 e. The molecule has 0 saturated carbocycles. The number of rotatable bonds is 10. The maximum atomic E-state index is 13.6. The normalized spacial score (nSPS) is 17.8. The van der Waals surface area contributed by atoms with Crippen molar-refractivity contribution < 1.29 is 27.8 Å². The van der Waals surface area contributed by atoms with E-state index in [1.807, 2.05) is 0 Å². The highest BCUT2D eigenvalue weighted by atomic mass is 35.5. The number of carbonyl (C=O) groups excluding carboxylic acids is 1. The van der Waals surface area contributed by atoms with E-state index in [9.17, 15) is 13.2 Å². The van der Waals surface area contributed by atoms with Gasteiger partial charge in [-0.3, -0.25) is 9.69 Å². The summed E-state index contributed by atoms with van der Waals surface area (Å²) in [7, 11) is -3.81. The van der Waals surface area contributed by atoms with Gasteiger partial charge in [0.15, 0.2) is 0 Å². The van der Waals surface area contributed by atoms with Crippen LogP contribution in [0.15, 0.2) is 53.4 Å². The number of nitrogens with zero attached hydrogens (tertiary/aromatic N) is 2. The van der Waals surface area contributed by atoms with E-state index >= 15 is 0 Å². The number of sulfonamides is 1. The van der Waals surface area contributed by atoms with Crippen molar-refractivity contribution >= 4 is 49.7 Å². The van der Waals surface area contributed by atoms with E-state index < -0.39 is 10.0 Å². The number of morpholine rings is 1. The van der Waals surface area contributed by atoms with Gasteiger partial charge in [0.05, 0.1) is 30.4 Å². The number of hydrogen-bond acceptors (Lipinski definition) is 8. The minimum atomic E-state index is -3.81. The molecule has 1 fully saturated rings. The van der Waals surface area contributed by atoms with Crippen molar-refractivity contribution in [1.29, 1.82) is 0 Å². The van der Waals surface area contributed by atoms with Crippen LogP contribution in [0.3, 0.4) is 0 Å². The van der Waals surface area contributed by atoms with Gasteiger partial charge in [0.2, 0.25) is 10.0 Å². The van der Waals surface area contributed by atoms with Crippen molar-refractivity contribution in [3.05, 3.63) is 59.7 Å². The average Bonchev–Trinajstić information content (AvgIpc) is 3.35. The lowest BCUT2D eigenvalue weighted by atomic mass is 9.95. The standard InChI is InChI=1S/C28H33ClN4O6S/c29-17-20-18-33(28(35)19-1-3-21(4-2-19)39-14-10-32-8-12-38-13-9-32)26-16-25(30)24-15-22(5-6-23(24)27(20)26)40(36,37)31-7-11-34/h1-6,15-16,20,31,34H,7-14,17-18,30H2. The van der Waals surface area contributed by atoms with Crippen LogP contribution in [-0.4, -0.2) is 89.4 Å². The number of aliphatic hydroxyl groups excluding tert-OH is 1. The van der Waals surface area contributed by atoms with Crippen LogP contribution in [0.2, 0.25) is 0 Å². The molecule has 1 saturated heterocycles. The molecule has 3 aromatic carbocycles. The number of hydrogen-bond donors (Lipinski definition) is 3. The highest BCUT2D eigenvalue weighted by Crippen LogP contribution is 2.45. The minimum absolute atomic E-state index is 0.0423. The first kappa shape index (κ1) is 28.6. The number of carbonyl (C=O) groups is 1. The van der Waals surface area contributed by atoms with Crippen molar-refractivity contribution in [3.8, 4) is 5.75 Å². The zero-order chi connectivity index (χ0) is 28.3. The second-order valence-electron chi connectivity index (χ2n) is 9.82. The Morgan fingerprint density at radius 2 is 1.88 bits per heavy atom. The summed E-state index contributed by atoms with van der Waals surface area (Å²) in [6.45, 7) is 4.64. The molecule has 1 unspecified atom stereocenters. The van der Waals surface area contributed by atoms with Gasteiger partial charge in [-0.2, -0.15) is 0 Å². The SMILES string of the molecule is Nc1cc2c(c3ccc(S(=O)(=O)NCCO)cc13)C(CCl)CN2C(=O)c1ccc(OCCN2CCOCC2)cc1. The third-order valence-corrected chi connectivity index (χ3v) is 9.12. The molecule has 0 aromatic heterocycles. The molecular formula is C28H33ClN4O6S. The molecule has 1 atom stereocenters. The second kappa shape index (κ2) is 12.3. The number of amides is 1. The number of nitrogens with one attached hydrogen (secondary N) is 1. The molecule has 5 rings (SSSR count). The van der Waals surface area contributed by atoms with E-state index in [1.165, 1.54) is 12.1 Å². The highest BCUT2D eigenvalue weighted by Gasteiger charge is 2.35. The number of nitrogens with two attached hydrogens (primary N) is 1. The Bertz CT molecular complexity index is 1480. The quantitative estimate of drug-likeness (QED) is 0.243. The van der Waals surface area contributed by atoms with Crippen molar-refractivity contribution in [2.24, 2.45) is 0 Å². The Morgan fingerprint density at radius 1 is 1.12 bits per heavy atom. The summed E-state index contributed by atoms with van der Waals surface area (Å²) in [5.74, 6) is 0.644. The first-order valence-corrected chi connectivity index (χ1v) is 15.2. The molecule has 2 heterocycles. The van der Waals surface area contributed by atoms with Crippen LogP contribution < -0.4 is 20.1 Å². The van der Waals surface area contributed by atoms with Gasteiger partial charge in [0.1, 0.15) is 12.4 Å². The van der Waals surface area contributed by atoms with Crippen LogP contribution in [-0.2, 0) is 14.8 Å². The van der Waals surface area contributed by atoms with E-state index in [0.717, 1.165) is 43.8 Å². The van der Waals surface area contributed by atoms with Gasteiger partial charge in [-0.05, 0) is 53.4 Å². The molecule has 2 aliphatic heterocycles. The molecule has 10 nitrogen and oxygen atoms in total. The molecule has 1 amide bonds. The third-order valence-electron chi connectivity index (χ3n) is 7.29. The molecule has 0 aliphatic carbocycles. The Hall–Kier alpha value is -2.93. The van der Waals surface area contributed by atoms with Crippen LogP contribution in [0.5, 0.6) is 5.75 Å². The van der Waals surface area contributed by atoms with Crippen molar-refractivity contribution in [2.75, 3.05) is 75.7 Å². The summed E-state index contributed by atoms with van der Waals surface area (Å²) in [4.78, 5) is 17.6. The lowest BCUT2D eigenvalue weighted by Crippen LogP contribution is -2.38. The number of fused-ring (bicyclic) bond motifs is 3. The summed E-state index contributed by atoms with van der Waals surface area (Å²) < 4.78 is 38.8. The molecule has 2 aliphatic rings. The lowest BCUT2D eigenvalue weighted by molar-refractivity contribution is 0.0322. The van der Waals surface area contributed by atoms with E-state index in [1.54, 1.807) is 41.3 Å². The van der Waals surface area contributed by atoms with Gasteiger partial charge in [-0.25, -0.2) is 13.1 Å². The molecule has 214 valence electrons. The van der Waals surface area contributed by atoms with Gasteiger partial charge in [0.25, 0.3) is 5.91 Å². The van der Waals surface area contributed by atoms with Crippen molar-refractivity contribution in [2.45, 2.75) is 10.8 Å². The summed E-state index contributed by atoms with van der Waals surface area (Å²) in [6.07, 6.45) is 0. The molecule has 40 heavy (non-hydrogen) atoms. The number of alkyl halides is 1. The summed E-state index contributed by atoms with van der Waals surface area (Å²) in [5.41, 5.74) is 8.79. The maximum Gasteiger partial charge on any atom is 0.258 e. The van der Waals surface area contributed by atoms with Gasteiger partial charge in [-0.15, -0.1) is 11.6 Å². The number of halogens is 1. The zero-order valence-electron chi connectivity index (χ0n) is 22.0. The van der Waals surface area contributed by atoms with Crippen LogP contribution in [0.25, 0.3) is 10.8 Å². The van der Waals surface area contributed by atoms with Gasteiger partial charge >= 0.3 is 0 Å². The first-order valence-electron chi connectivity index (χ1n) is 13.2. The molecule has 0 radical (unpaired) electrons. The van der Waals surface area contributed by atoms with Crippen LogP contribution in [0.1, 0.15) is 21.8 Å². The molecule has 4 N–H and O–H groups in total. The predicted molar refractivity (Wildman–Crippen MR) is 155 cm³/mol.